The lowest BCUT2D eigenvalue weighted by Crippen LogP contribution is -1.97. The van der Waals surface area contributed by atoms with Gasteiger partial charge in [0.25, 0.3) is 0 Å². The Kier molecular flexibility index (Phi) is 3.46. The molecule has 0 fully saturated rings. The minimum Gasteiger partial charge on any atom is -0.179 e. The van der Waals surface area contributed by atoms with Crippen LogP contribution in [-0.2, 0) is 0 Å². The van der Waals surface area contributed by atoms with Gasteiger partial charge in [0.2, 0.25) is 0 Å². The van der Waals surface area contributed by atoms with Crippen LogP contribution < -0.4 is 0 Å². The molecule has 0 aliphatic carbocycles. The Bertz CT molecular complexity index is 211. The SMILES string of the molecule is CCC(CS)c1sccc1C. The number of thiol groups is 1. The standard InChI is InChI=1S/C9H14S2/c1-3-8(6-10)9-7(2)4-5-11-9/h4-5,8,10H,3,6H2,1-2H3. The van der Waals surface area contributed by atoms with Gasteiger partial charge in [-0.3, -0.25) is 0 Å². The van der Waals surface area contributed by atoms with Crippen molar-refractivity contribution in [1.29, 1.82) is 0 Å². The molecule has 0 saturated carbocycles. The van der Waals surface area contributed by atoms with Crippen molar-refractivity contribution in [3.05, 3.63) is 21.9 Å². The summed E-state index contributed by atoms with van der Waals surface area (Å²) in [5.74, 6) is 1.64. The lowest BCUT2D eigenvalue weighted by atomic mass is 10.0. The first kappa shape index (κ1) is 9.14. The van der Waals surface area contributed by atoms with Crippen molar-refractivity contribution < 1.29 is 0 Å². The van der Waals surface area contributed by atoms with Crippen LogP contribution in [-0.4, -0.2) is 5.75 Å². The highest BCUT2D eigenvalue weighted by atomic mass is 32.1. The Morgan fingerprint density at radius 2 is 2.36 bits per heavy atom. The molecule has 0 nitrogen and oxygen atoms in total. The molecule has 0 bridgehead atoms. The van der Waals surface area contributed by atoms with Gasteiger partial charge in [-0.2, -0.15) is 12.6 Å². The van der Waals surface area contributed by atoms with E-state index in [-0.39, 0.29) is 0 Å². The Balaban J connectivity index is 2.81. The van der Waals surface area contributed by atoms with Gasteiger partial charge >= 0.3 is 0 Å². The number of aryl methyl sites for hydroxylation is 1. The van der Waals surface area contributed by atoms with E-state index in [1.807, 2.05) is 11.3 Å². The first-order valence-corrected chi connectivity index (χ1v) is 5.45. The fourth-order valence-electron chi connectivity index (χ4n) is 1.20. The third kappa shape index (κ3) is 2.00. The van der Waals surface area contributed by atoms with Gasteiger partial charge in [-0.25, -0.2) is 0 Å². The molecule has 11 heavy (non-hydrogen) atoms. The highest BCUT2D eigenvalue weighted by Crippen LogP contribution is 2.28. The average molecular weight is 186 g/mol. The van der Waals surface area contributed by atoms with Gasteiger partial charge < -0.3 is 0 Å². The Morgan fingerprint density at radius 1 is 1.64 bits per heavy atom. The minimum absolute atomic E-state index is 0.665. The maximum absolute atomic E-state index is 4.34. The van der Waals surface area contributed by atoms with Crippen molar-refractivity contribution in [3.63, 3.8) is 0 Å². The second kappa shape index (κ2) is 4.17. The molecule has 0 aromatic carbocycles. The monoisotopic (exact) mass is 186 g/mol. The molecule has 1 unspecified atom stereocenters. The first-order valence-electron chi connectivity index (χ1n) is 3.94. The summed E-state index contributed by atoms with van der Waals surface area (Å²) in [6, 6.07) is 2.19. The van der Waals surface area contributed by atoms with Crippen LogP contribution in [0.4, 0.5) is 0 Å². The molecule has 1 aromatic heterocycles. The summed E-state index contributed by atoms with van der Waals surface area (Å²) in [5.41, 5.74) is 1.43. The Hall–Kier alpha value is 0.0500. The molecule has 0 radical (unpaired) electrons. The van der Waals surface area contributed by atoms with E-state index in [0.29, 0.717) is 5.92 Å². The molecule has 0 N–H and O–H groups in total. The molecule has 1 aromatic rings. The van der Waals surface area contributed by atoms with Gasteiger partial charge in [-0.05, 0) is 36.1 Å². The van der Waals surface area contributed by atoms with Crippen molar-refractivity contribution in [1.82, 2.24) is 0 Å². The zero-order valence-electron chi connectivity index (χ0n) is 7.00. The summed E-state index contributed by atoms with van der Waals surface area (Å²) >= 11 is 6.19. The molecule has 1 heterocycles. The van der Waals surface area contributed by atoms with E-state index in [2.05, 4.69) is 37.9 Å². The molecule has 0 aliphatic rings. The van der Waals surface area contributed by atoms with E-state index in [4.69, 9.17) is 0 Å². The fraction of sp³-hybridized carbons (Fsp3) is 0.556. The molecule has 0 spiro atoms. The maximum atomic E-state index is 4.34. The number of hydrogen-bond acceptors (Lipinski definition) is 2. The smallest absolute Gasteiger partial charge is 0.0113 e. The first-order chi connectivity index (χ1) is 5.29. The maximum Gasteiger partial charge on any atom is 0.0113 e. The van der Waals surface area contributed by atoms with Crippen LogP contribution in [0.3, 0.4) is 0 Å². The summed E-state index contributed by atoms with van der Waals surface area (Å²) in [6.07, 6.45) is 1.20. The number of thiophene rings is 1. The Labute approximate surface area is 78.1 Å². The highest BCUT2D eigenvalue weighted by Gasteiger charge is 2.10. The third-order valence-electron chi connectivity index (χ3n) is 1.99. The molecule has 62 valence electrons. The third-order valence-corrected chi connectivity index (χ3v) is 3.61. The lowest BCUT2D eigenvalue weighted by molar-refractivity contribution is 0.756. The second-order valence-electron chi connectivity index (χ2n) is 2.76. The van der Waals surface area contributed by atoms with E-state index in [1.54, 1.807) is 0 Å². The van der Waals surface area contributed by atoms with Crippen molar-refractivity contribution in [2.45, 2.75) is 26.2 Å². The van der Waals surface area contributed by atoms with Crippen LogP contribution in [0.5, 0.6) is 0 Å². The topological polar surface area (TPSA) is 0 Å². The highest BCUT2D eigenvalue weighted by molar-refractivity contribution is 7.80. The van der Waals surface area contributed by atoms with Gasteiger partial charge in [0.1, 0.15) is 0 Å². The lowest BCUT2D eigenvalue weighted by Gasteiger charge is -2.10. The van der Waals surface area contributed by atoms with E-state index in [1.165, 1.54) is 16.9 Å². The van der Waals surface area contributed by atoms with Crippen LogP contribution in [0.1, 0.15) is 29.7 Å². The number of rotatable bonds is 3. The minimum atomic E-state index is 0.665. The zero-order valence-corrected chi connectivity index (χ0v) is 8.71. The van der Waals surface area contributed by atoms with Gasteiger partial charge in [0, 0.05) is 10.8 Å². The summed E-state index contributed by atoms with van der Waals surface area (Å²) in [6.45, 7) is 4.40. The molecule has 2 heteroatoms. The second-order valence-corrected chi connectivity index (χ2v) is 4.07. The predicted molar refractivity (Wildman–Crippen MR) is 55.9 cm³/mol. The molecule has 0 aliphatic heterocycles. The van der Waals surface area contributed by atoms with Crippen LogP contribution in [0.25, 0.3) is 0 Å². The van der Waals surface area contributed by atoms with Gasteiger partial charge in [-0.1, -0.05) is 6.92 Å². The summed E-state index contributed by atoms with van der Waals surface area (Å²) < 4.78 is 0. The van der Waals surface area contributed by atoms with Crippen LogP contribution in [0.2, 0.25) is 0 Å². The van der Waals surface area contributed by atoms with E-state index in [9.17, 15) is 0 Å². The molecular formula is C9H14S2. The zero-order chi connectivity index (χ0) is 8.27. The molecule has 0 saturated heterocycles. The van der Waals surface area contributed by atoms with Gasteiger partial charge in [0.15, 0.2) is 0 Å². The molecular weight excluding hydrogens is 172 g/mol. The normalized spacial score (nSPS) is 13.4. The van der Waals surface area contributed by atoms with E-state index in [0.717, 1.165) is 5.75 Å². The summed E-state index contributed by atoms with van der Waals surface area (Å²) in [5, 5.41) is 2.16. The molecule has 1 atom stereocenters. The Morgan fingerprint density at radius 3 is 2.73 bits per heavy atom. The van der Waals surface area contributed by atoms with Gasteiger partial charge in [0.05, 0.1) is 0 Å². The van der Waals surface area contributed by atoms with Crippen molar-refractivity contribution >= 4 is 24.0 Å². The largest absolute Gasteiger partial charge is 0.179 e. The van der Waals surface area contributed by atoms with Gasteiger partial charge in [-0.15, -0.1) is 11.3 Å². The van der Waals surface area contributed by atoms with Crippen LogP contribution in [0, 0.1) is 6.92 Å². The molecule has 1 rings (SSSR count). The van der Waals surface area contributed by atoms with E-state index >= 15 is 0 Å². The van der Waals surface area contributed by atoms with Crippen molar-refractivity contribution in [2.75, 3.05) is 5.75 Å². The number of hydrogen-bond donors (Lipinski definition) is 1. The van der Waals surface area contributed by atoms with E-state index < -0.39 is 0 Å². The average Bonchev–Trinajstić information content (AvgIpc) is 2.40. The summed E-state index contributed by atoms with van der Waals surface area (Å²) in [4.78, 5) is 1.52. The van der Waals surface area contributed by atoms with Crippen molar-refractivity contribution in [2.24, 2.45) is 0 Å². The van der Waals surface area contributed by atoms with Crippen LogP contribution in [0.15, 0.2) is 11.4 Å². The fourth-order valence-corrected chi connectivity index (χ4v) is 2.88. The predicted octanol–water partition coefficient (Wildman–Crippen LogP) is 3.48. The quantitative estimate of drug-likeness (QED) is 0.686. The summed E-state index contributed by atoms with van der Waals surface area (Å²) in [7, 11) is 0. The van der Waals surface area contributed by atoms with Crippen molar-refractivity contribution in [3.8, 4) is 0 Å². The van der Waals surface area contributed by atoms with Crippen LogP contribution >= 0.6 is 24.0 Å². The molecule has 0 amide bonds.